The molecule has 0 amide bonds. The Hall–Kier alpha value is -1.02. The molecular formula is C12H20N2. The summed E-state index contributed by atoms with van der Waals surface area (Å²) in [5, 5.41) is 3.39. The third-order valence-corrected chi connectivity index (χ3v) is 2.21. The van der Waals surface area contributed by atoms with Crippen molar-refractivity contribution in [2.45, 2.75) is 19.9 Å². The van der Waals surface area contributed by atoms with Gasteiger partial charge in [0.15, 0.2) is 0 Å². The number of hydrogen-bond acceptors (Lipinski definition) is 2. The van der Waals surface area contributed by atoms with Gasteiger partial charge in [0.05, 0.1) is 0 Å². The number of hydrogen-bond donors (Lipinski definition) is 1. The number of anilines is 1. The first kappa shape index (κ1) is 11.1. The molecule has 0 aliphatic rings. The van der Waals surface area contributed by atoms with E-state index in [9.17, 15) is 0 Å². The summed E-state index contributed by atoms with van der Waals surface area (Å²) in [6.45, 7) is 4.25. The standard InChI is InChI=1S/C12H20N2/c1-4-9-13-10-11-5-7-12(8-6-11)14(2)3/h5-8,13H,4,9-10H2,1-3H3. The van der Waals surface area contributed by atoms with Gasteiger partial charge in [0.2, 0.25) is 0 Å². The normalized spacial score (nSPS) is 10.2. The maximum atomic E-state index is 3.39. The minimum absolute atomic E-state index is 0.974. The van der Waals surface area contributed by atoms with E-state index < -0.39 is 0 Å². The largest absolute Gasteiger partial charge is 0.378 e. The van der Waals surface area contributed by atoms with E-state index in [1.165, 1.54) is 17.7 Å². The van der Waals surface area contributed by atoms with Crippen LogP contribution in [0.4, 0.5) is 5.69 Å². The lowest BCUT2D eigenvalue weighted by atomic mass is 10.2. The van der Waals surface area contributed by atoms with E-state index in [4.69, 9.17) is 0 Å². The molecule has 0 saturated heterocycles. The summed E-state index contributed by atoms with van der Waals surface area (Å²) in [4.78, 5) is 2.11. The van der Waals surface area contributed by atoms with Crippen LogP contribution in [0.2, 0.25) is 0 Å². The third kappa shape index (κ3) is 3.38. The zero-order valence-electron chi connectivity index (χ0n) is 9.38. The molecule has 0 atom stereocenters. The minimum Gasteiger partial charge on any atom is -0.378 e. The van der Waals surface area contributed by atoms with E-state index >= 15 is 0 Å². The van der Waals surface area contributed by atoms with Crippen LogP contribution in [0.5, 0.6) is 0 Å². The number of nitrogens with zero attached hydrogens (tertiary/aromatic N) is 1. The molecule has 1 rings (SSSR count). The van der Waals surface area contributed by atoms with Crippen LogP contribution < -0.4 is 10.2 Å². The van der Waals surface area contributed by atoms with Crippen molar-refractivity contribution in [2.24, 2.45) is 0 Å². The molecule has 0 bridgehead atoms. The second-order valence-corrected chi connectivity index (χ2v) is 3.74. The van der Waals surface area contributed by atoms with Crippen LogP contribution in [0.1, 0.15) is 18.9 Å². The topological polar surface area (TPSA) is 15.3 Å². The predicted octanol–water partition coefficient (Wildman–Crippen LogP) is 2.25. The SMILES string of the molecule is CCCNCc1ccc(N(C)C)cc1. The smallest absolute Gasteiger partial charge is 0.0361 e. The Labute approximate surface area is 86.9 Å². The molecule has 1 aromatic rings. The van der Waals surface area contributed by atoms with Gasteiger partial charge in [-0.15, -0.1) is 0 Å². The fourth-order valence-electron chi connectivity index (χ4n) is 1.32. The summed E-state index contributed by atoms with van der Waals surface area (Å²) in [5.74, 6) is 0. The monoisotopic (exact) mass is 192 g/mol. The van der Waals surface area contributed by atoms with Gasteiger partial charge in [0.1, 0.15) is 0 Å². The highest BCUT2D eigenvalue weighted by atomic mass is 15.1. The van der Waals surface area contributed by atoms with Gasteiger partial charge in [-0.1, -0.05) is 19.1 Å². The van der Waals surface area contributed by atoms with Crippen molar-refractivity contribution in [1.82, 2.24) is 5.32 Å². The second-order valence-electron chi connectivity index (χ2n) is 3.74. The van der Waals surface area contributed by atoms with E-state index in [1.807, 2.05) is 0 Å². The zero-order valence-corrected chi connectivity index (χ0v) is 9.38. The Balaban J connectivity index is 2.47. The number of nitrogens with one attached hydrogen (secondary N) is 1. The van der Waals surface area contributed by atoms with Crippen LogP contribution in [0, 0.1) is 0 Å². The summed E-state index contributed by atoms with van der Waals surface area (Å²) in [5.41, 5.74) is 2.60. The third-order valence-electron chi connectivity index (χ3n) is 2.21. The fraction of sp³-hybridized carbons (Fsp3) is 0.500. The summed E-state index contributed by atoms with van der Waals surface area (Å²) in [6, 6.07) is 8.67. The molecule has 1 N–H and O–H groups in total. The van der Waals surface area contributed by atoms with Crippen LogP contribution in [0.3, 0.4) is 0 Å². The highest BCUT2D eigenvalue weighted by Crippen LogP contribution is 2.11. The Kier molecular flexibility index (Phi) is 4.47. The molecule has 14 heavy (non-hydrogen) atoms. The van der Waals surface area contributed by atoms with Crippen LogP contribution >= 0.6 is 0 Å². The van der Waals surface area contributed by atoms with Crippen molar-refractivity contribution in [3.05, 3.63) is 29.8 Å². The van der Waals surface area contributed by atoms with Gasteiger partial charge in [0.25, 0.3) is 0 Å². The molecule has 78 valence electrons. The molecular weight excluding hydrogens is 172 g/mol. The van der Waals surface area contributed by atoms with Crippen LogP contribution in [-0.2, 0) is 6.54 Å². The van der Waals surface area contributed by atoms with Crippen molar-refractivity contribution in [2.75, 3.05) is 25.5 Å². The maximum Gasteiger partial charge on any atom is 0.0361 e. The van der Waals surface area contributed by atoms with E-state index in [-0.39, 0.29) is 0 Å². The molecule has 1 aromatic carbocycles. The van der Waals surface area contributed by atoms with Crippen molar-refractivity contribution < 1.29 is 0 Å². The Bertz CT molecular complexity index is 252. The first-order valence-corrected chi connectivity index (χ1v) is 5.21. The lowest BCUT2D eigenvalue weighted by Crippen LogP contribution is -2.14. The van der Waals surface area contributed by atoms with E-state index in [2.05, 4.69) is 55.5 Å². The summed E-state index contributed by atoms with van der Waals surface area (Å²) in [7, 11) is 4.12. The molecule has 0 heterocycles. The molecule has 0 fully saturated rings. The highest BCUT2D eigenvalue weighted by molar-refractivity contribution is 5.45. The maximum absolute atomic E-state index is 3.39. The van der Waals surface area contributed by atoms with E-state index in [0.29, 0.717) is 0 Å². The summed E-state index contributed by atoms with van der Waals surface area (Å²) < 4.78 is 0. The molecule has 0 aliphatic heterocycles. The van der Waals surface area contributed by atoms with Gasteiger partial charge in [-0.2, -0.15) is 0 Å². The lowest BCUT2D eigenvalue weighted by molar-refractivity contribution is 0.675. The molecule has 0 aliphatic carbocycles. The van der Waals surface area contributed by atoms with Crippen molar-refractivity contribution in [1.29, 1.82) is 0 Å². The second kappa shape index (κ2) is 5.66. The fourth-order valence-corrected chi connectivity index (χ4v) is 1.32. The number of rotatable bonds is 5. The summed E-state index contributed by atoms with van der Waals surface area (Å²) >= 11 is 0. The molecule has 0 spiro atoms. The Morgan fingerprint density at radius 1 is 1.14 bits per heavy atom. The lowest BCUT2D eigenvalue weighted by Gasteiger charge is -2.12. The first-order valence-electron chi connectivity index (χ1n) is 5.21. The van der Waals surface area contributed by atoms with Gasteiger partial charge in [-0.05, 0) is 30.7 Å². The van der Waals surface area contributed by atoms with Crippen molar-refractivity contribution in [3.8, 4) is 0 Å². The van der Waals surface area contributed by atoms with E-state index in [1.54, 1.807) is 0 Å². The molecule has 0 aromatic heterocycles. The van der Waals surface area contributed by atoms with Crippen LogP contribution in [0.25, 0.3) is 0 Å². The van der Waals surface area contributed by atoms with E-state index in [0.717, 1.165) is 13.1 Å². The molecule has 0 radical (unpaired) electrons. The molecule has 2 nitrogen and oxygen atoms in total. The summed E-state index contributed by atoms with van der Waals surface area (Å²) in [6.07, 6.45) is 1.19. The minimum atomic E-state index is 0.974. The number of benzene rings is 1. The average Bonchev–Trinajstić information content (AvgIpc) is 2.19. The van der Waals surface area contributed by atoms with Gasteiger partial charge < -0.3 is 10.2 Å². The van der Waals surface area contributed by atoms with Crippen molar-refractivity contribution in [3.63, 3.8) is 0 Å². The zero-order chi connectivity index (χ0) is 10.4. The predicted molar refractivity (Wildman–Crippen MR) is 62.8 cm³/mol. The molecule has 0 saturated carbocycles. The van der Waals surface area contributed by atoms with Crippen LogP contribution in [-0.4, -0.2) is 20.6 Å². The van der Waals surface area contributed by atoms with Gasteiger partial charge in [0, 0.05) is 26.3 Å². The molecule has 2 heteroatoms. The van der Waals surface area contributed by atoms with Gasteiger partial charge >= 0.3 is 0 Å². The Morgan fingerprint density at radius 3 is 2.29 bits per heavy atom. The quantitative estimate of drug-likeness (QED) is 0.720. The Morgan fingerprint density at radius 2 is 1.79 bits per heavy atom. The highest BCUT2D eigenvalue weighted by Gasteiger charge is 1.95. The van der Waals surface area contributed by atoms with Crippen molar-refractivity contribution >= 4 is 5.69 Å². The van der Waals surface area contributed by atoms with Gasteiger partial charge in [-0.25, -0.2) is 0 Å². The first-order chi connectivity index (χ1) is 6.74. The van der Waals surface area contributed by atoms with Gasteiger partial charge in [-0.3, -0.25) is 0 Å². The van der Waals surface area contributed by atoms with Crippen LogP contribution in [0.15, 0.2) is 24.3 Å². The molecule has 0 unspecified atom stereocenters. The average molecular weight is 192 g/mol.